The Morgan fingerprint density at radius 2 is 1.87 bits per heavy atom. The average Bonchev–Trinajstić information content (AvgIpc) is 3.09. The maximum atomic E-state index is 12.0. The summed E-state index contributed by atoms with van der Waals surface area (Å²) in [5, 5.41) is 4.47. The molecule has 3 rings (SSSR count). The zero-order valence-electron chi connectivity index (χ0n) is 11.9. The molecule has 2 aromatic rings. The largest absolute Gasteiger partial charge is 0.271 e. The molecule has 2 atom stereocenters. The number of hydrazone groups is 1. The predicted molar refractivity (Wildman–Crippen MR) is 94.5 cm³/mol. The van der Waals surface area contributed by atoms with Gasteiger partial charge in [-0.2, -0.15) is 5.10 Å². The highest BCUT2D eigenvalue weighted by molar-refractivity contribution is 6.53. The van der Waals surface area contributed by atoms with Gasteiger partial charge in [0.05, 0.1) is 0 Å². The lowest BCUT2D eigenvalue weighted by atomic mass is 10.1. The number of hydrogen-bond acceptors (Lipinski definition) is 2. The zero-order valence-corrected chi connectivity index (χ0v) is 14.2. The molecule has 0 heterocycles. The van der Waals surface area contributed by atoms with Crippen LogP contribution in [-0.4, -0.2) is 16.5 Å². The van der Waals surface area contributed by atoms with E-state index in [1.54, 1.807) is 30.5 Å². The van der Waals surface area contributed by atoms with Crippen LogP contribution < -0.4 is 5.43 Å². The molecule has 0 radical (unpaired) electrons. The number of carbonyl (C=O) groups is 1. The summed E-state index contributed by atoms with van der Waals surface area (Å²) in [4.78, 5) is 12.0. The van der Waals surface area contributed by atoms with Gasteiger partial charge in [0, 0.05) is 28.6 Å². The second-order valence-corrected chi connectivity index (χ2v) is 7.20. The van der Waals surface area contributed by atoms with Gasteiger partial charge in [-0.25, -0.2) is 5.43 Å². The van der Waals surface area contributed by atoms with Crippen molar-refractivity contribution in [3.63, 3.8) is 0 Å². The number of amides is 1. The summed E-state index contributed by atoms with van der Waals surface area (Å²) in [6, 6.07) is 16.4. The zero-order chi connectivity index (χ0) is 16.4. The molecule has 0 unspecified atom stereocenters. The molecule has 1 aliphatic rings. The highest BCUT2D eigenvalue weighted by atomic mass is 35.5. The third kappa shape index (κ3) is 3.52. The molecule has 0 saturated heterocycles. The van der Waals surface area contributed by atoms with Crippen molar-refractivity contribution in [1.29, 1.82) is 0 Å². The molecular formula is C17H13Cl3N2O. The van der Waals surface area contributed by atoms with E-state index in [4.69, 9.17) is 34.8 Å². The molecule has 0 aliphatic heterocycles. The smallest absolute Gasteiger partial charge is 0.267 e. The van der Waals surface area contributed by atoms with Gasteiger partial charge < -0.3 is 0 Å². The summed E-state index contributed by atoms with van der Waals surface area (Å²) < 4.78 is -0.897. The Morgan fingerprint density at radius 3 is 2.57 bits per heavy atom. The molecule has 23 heavy (non-hydrogen) atoms. The Kier molecular flexibility index (Phi) is 4.62. The number of nitrogens with zero attached hydrogens (tertiary/aromatic N) is 1. The molecule has 6 heteroatoms. The number of halogens is 3. The minimum absolute atomic E-state index is 0.0288. The lowest BCUT2D eigenvalue weighted by molar-refractivity contribution is 0.0955. The van der Waals surface area contributed by atoms with Crippen LogP contribution in [0.25, 0.3) is 0 Å². The molecule has 1 amide bonds. The van der Waals surface area contributed by atoms with E-state index in [1.165, 1.54) is 0 Å². The summed E-state index contributed by atoms with van der Waals surface area (Å²) in [5.41, 5.74) is 3.95. The van der Waals surface area contributed by atoms with E-state index >= 15 is 0 Å². The maximum Gasteiger partial charge on any atom is 0.271 e. The molecule has 0 aromatic heterocycles. The van der Waals surface area contributed by atoms with Gasteiger partial charge in [-0.1, -0.05) is 48.0 Å². The summed E-state index contributed by atoms with van der Waals surface area (Å²) in [6.07, 6.45) is 1.58. The minimum atomic E-state index is -0.897. The van der Waals surface area contributed by atoms with Gasteiger partial charge in [0.25, 0.3) is 5.91 Å². The highest BCUT2D eigenvalue weighted by Crippen LogP contribution is 2.63. The van der Waals surface area contributed by atoms with Gasteiger partial charge in [-0.15, -0.1) is 23.2 Å². The lowest BCUT2D eigenvalue weighted by Crippen LogP contribution is -2.17. The standard InChI is InChI=1S/C17H13Cl3N2O/c18-13-8-4-7-12(9-13)16(23)22-21-10-14-15(17(14,19)20)11-5-2-1-3-6-11/h1-10,14-15H,(H,22,23)/b21-10-/t14-,15-/m1/s1. The van der Waals surface area contributed by atoms with Crippen LogP contribution in [0.3, 0.4) is 0 Å². The fourth-order valence-corrected chi connectivity index (χ4v) is 3.45. The van der Waals surface area contributed by atoms with E-state index in [0.717, 1.165) is 5.56 Å². The molecule has 118 valence electrons. The van der Waals surface area contributed by atoms with Crippen molar-refractivity contribution in [2.24, 2.45) is 11.0 Å². The average molecular weight is 368 g/mol. The third-order valence-corrected chi connectivity index (χ3v) is 4.97. The SMILES string of the molecule is O=C(N/N=C\[C@@H]1[C@@H](c2ccccc2)C1(Cl)Cl)c1cccc(Cl)c1. The van der Waals surface area contributed by atoms with Gasteiger partial charge in [-0.3, -0.25) is 4.79 Å². The van der Waals surface area contributed by atoms with Crippen molar-refractivity contribution in [2.75, 3.05) is 0 Å². The quantitative estimate of drug-likeness (QED) is 0.477. The van der Waals surface area contributed by atoms with Crippen LogP contribution in [0.15, 0.2) is 59.7 Å². The van der Waals surface area contributed by atoms with E-state index in [-0.39, 0.29) is 17.7 Å². The van der Waals surface area contributed by atoms with Crippen molar-refractivity contribution >= 4 is 46.9 Å². The number of carbonyl (C=O) groups excluding carboxylic acids is 1. The monoisotopic (exact) mass is 366 g/mol. The lowest BCUT2D eigenvalue weighted by Gasteiger charge is -1.99. The summed E-state index contributed by atoms with van der Waals surface area (Å²) in [7, 11) is 0. The van der Waals surface area contributed by atoms with E-state index in [9.17, 15) is 4.79 Å². The first kappa shape index (κ1) is 16.3. The highest BCUT2D eigenvalue weighted by Gasteiger charge is 2.63. The number of rotatable bonds is 4. The third-order valence-electron chi connectivity index (χ3n) is 3.76. The van der Waals surface area contributed by atoms with Gasteiger partial charge in [0.2, 0.25) is 0 Å². The van der Waals surface area contributed by atoms with Crippen LogP contribution in [0.5, 0.6) is 0 Å². The van der Waals surface area contributed by atoms with E-state index in [2.05, 4.69) is 10.5 Å². The maximum absolute atomic E-state index is 12.0. The Hall–Kier alpha value is -1.55. The topological polar surface area (TPSA) is 41.5 Å². The van der Waals surface area contributed by atoms with Crippen molar-refractivity contribution in [3.8, 4) is 0 Å². The van der Waals surface area contributed by atoms with Gasteiger partial charge >= 0.3 is 0 Å². The Morgan fingerprint density at radius 1 is 1.13 bits per heavy atom. The van der Waals surface area contributed by atoms with Crippen LogP contribution in [0, 0.1) is 5.92 Å². The number of benzene rings is 2. The Labute approximate surface area is 149 Å². The summed E-state index contributed by atoms with van der Waals surface area (Å²) in [6.45, 7) is 0. The molecule has 0 spiro atoms. The molecule has 1 saturated carbocycles. The number of nitrogens with one attached hydrogen (secondary N) is 1. The fraction of sp³-hybridized carbons (Fsp3) is 0.176. The van der Waals surface area contributed by atoms with Crippen LogP contribution in [0.2, 0.25) is 5.02 Å². The van der Waals surface area contributed by atoms with Gasteiger partial charge in [0.15, 0.2) is 0 Å². The normalized spacial score (nSPS) is 22.0. The molecule has 1 aliphatic carbocycles. The van der Waals surface area contributed by atoms with Crippen LogP contribution >= 0.6 is 34.8 Å². The second-order valence-electron chi connectivity index (χ2n) is 5.32. The van der Waals surface area contributed by atoms with E-state index in [1.807, 2.05) is 30.3 Å². The Balaban J connectivity index is 1.64. The molecule has 0 bridgehead atoms. The molecule has 1 N–H and O–H groups in total. The first-order chi connectivity index (χ1) is 11.0. The van der Waals surface area contributed by atoms with Crippen molar-refractivity contribution in [3.05, 3.63) is 70.7 Å². The van der Waals surface area contributed by atoms with Crippen molar-refractivity contribution in [1.82, 2.24) is 5.43 Å². The van der Waals surface area contributed by atoms with E-state index in [0.29, 0.717) is 10.6 Å². The summed E-state index contributed by atoms with van der Waals surface area (Å²) >= 11 is 18.5. The fourth-order valence-electron chi connectivity index (χ4n) is 2.50. The van der Waals surface area contributed by atoms with Gasteiger partial charge in [-0.05, 0) is 23.8 Å². The van der Waals surface area contributed by atoms with Crippen LogP contribution in [-0.2, 0) is 0 Å². The number of alkyl halides is 2. The first-order valence-corrected chi connectivity index (χ1v) is 8.15. The van der Waals surface area contributed by atoms with Crippen LogP contribution in [0.4, 0.5) is 0 Å². The molecular weight excluding hydrogens is 355 g/mol. The Bertz CT molecular complexity index is 747. The van der Waals surface area contributed by atoms with Crippen molar-refractivity contribution in [2.45, 2.75) is 10.3 Å². The van der Waals surface area contributed by atoms with Crippen LogP contribution in [0.1, 0.15) is 21.8 Å². The molecule has 2 aromatic carbocycles. The minimum Gasteiger partial charge on any atom is -0.267 e. The number of hydrogen-bond donors (Lipinski definition) is 1. The summed E-state index contributed by atoms with van der Waals surface area (Å²) in [5.74, 6) is -0.512. The van der Waals surface area contributed by atoms with Gasteiger partial charge in [0.1, 0.15) is 4.33 Å². The van der Waals surface area contributed by atoms with Crippen molar-refractivity contribution < 1.29 is 4.79 Å². The predicted octanol–water partition coefficient (Wildman–Crippen LogP) is 4.64. The molecule has 1 fully saturated rings. The first-order valence-electron chi connectivity index (χ1n) is 7.02. The molecule has 3 nitrogen and oxygen atoms in total. The van der Waals surface area contributed by atoms with E-state index < -0.39 is 4.33 Å². The second kappa shape index (κ2) is 6.52.